The molecule has 5 rings (SSSR count). The van der Waals surface area contributed by atoms with Crippen molar-refractivity contribution in [3.05, 3.63) is 86.6 Å². The molecule has 0 saturated carbocycles. The molecule has 0 radical (unpaired) electrons. The molecule has 4 aromatic rings. The van der Waals surface area contributed by atoms with Crippen molar-refractivity contribution in [1.29, 1.82) is 0 Å². The molecule has 3 atom stereocenters. The number of ether oxygens (including phenoxy) is 4. The van der Waals surface area contributed by atoms with E-state index >= 15 is 0 Å². The fraction of sp³-hybridized carbons (Fsp3) is 0.429. The molecule has 3 aromatic carbocycles. The maximum atomic E-state index is 12.0. The minimum absolute atomic E-state index is 0.0412. The summed E-state index contributed by atoms with van der Waals surface area (Å²) in [5, 5.41) is 16.8. The first-order valence-corrected chi connectivity index (χ1v) is 22.0. The van der Waals surface area contributed by atoms with Crippen LogP contribution in [0.25, 0.3) is 5.69 Å². The van der Waals surface area contributed by atoms with E-state index in [0.717, 1.165) is 27.5 Å². The number of nitrogens with two attached hydrogens (primary N) is 1. The molecule has 20 heteroatoms. The van der Waals surface area contributed by atoms with E-state index in [-0.39, 0.29) is 40.7 Å². The predicted molar refractivity (Wildman–Crippen MR) is 236 cm³/mol. The van der Waals surface area contributed by atoms with E-state index in [2.05, 4.69) is 30.2 Å². The van der Waals surface area contributed by atoms with Crippen LogP contribution in [0.15, 0.2) is 63.8 Å². The average Bonchev–Trinajstić information content (AvgIpc) is 3.58. The molecule has 0 fully saturated rings. The number of hydrogen-bond donors (Lipinski definition) is 4. The molecule has 2 heterocycles. The molecule has 1 aliphatic rings. The van der Waals surface area contributed by atoms with Crippen molar-refractivity contribution in [1.82, 2.24) is 14.8 Å². The van der Waals surface area contributed by atoms with Crippen LogP contribution in [0.2, 0.25) is 10.0 Å². The maximum Gasteiger partial charge on any atom is 0.442 e. The van der Waals surface area contributed by atoms with Gasteiger partial charge >= 0.3 is 17.8 Å². The number of fused-ring (bicyclic) bond motifs is 1. The van der Waals surface area contributed by atoms with Crippen molar-refractivity contribution in [3.8, 4) is 41.0 Å². The van der Waals surface area contributed by atoms with E-state index < -0.39 is 36.3 Å². The first-order chi connectivity index (χ1) is 28.7. The van der Waals surface area contributed by atoms with Gasteiger partial charge in [-0.3, -0.25) is 14.2 Å². The molecule has 0 saturated heterocycles. The van der Waals surface area contributed by atoms with Crippen LogP contribution >= 0.6 is 30.6 Å². The molecule has 0 aliphatic carbocycles. The summed E-state index contributed by atoms with van der Waals surface area (Å²) in [4.78, 5) is 47.6. The lowest BCUT2D eigenvalue weighted by Crippen LogP contribution is -2.45. The first kappa shape index (κ1) is 51.3. The second-order valence-corrected chi connectivity index (χ2v) is 19.3. The number of aliphatic carboxylic acids is 1. The Hall–Kier alpha value is -5.05. The van der Waals surface area contributed by atoms with Crippen molar-refractivity contribution in [2.45, 2.75) is 77.0 Å². The summed E-state index contributed by atoms with van der Waals surface area (Å²) in [6, 6.07) is 14.5. The number of terminal acetylenes is 1. The number of hydrogen-bond acceptors (Lipinski definition) is 12. The highest BCUT2D eigenvalue weighted by molar-refractivity contribution is 7.57. The number of benzene rings is 3. The van der Waals surface area contributed by atoms with Crippen LogP contribution in [-0.4, -0.2) is 89.4 Å². The van der Waals surface area contributed by atoms with Gasteiger partial charge in [-0.1, -0.05) is 69.8 Å². The van der Waals surface area contributed by atoms with Crippen LogP contribution in [0.1, 0.15) is 65.8 Å². The Labute approximate surface area is 370 Å². The van der Waals surface area contributed by atoms with Gasteiger partial charge < -0.3 is 44.4 Å². The zero-order valence-electron chi connectivity index (χ0n) is 36.3. The number of carbonyl (C=O) groups excluding carboxylic acids is 1. The molecule has 1 aliphatic heterocycles. The number of aromatic nitrogens is 2. The largest absolute Gasteiger partial charge is 0.480 e. The van der Waals surface area contributed by atoms with Gasteiger partial charge in [-0.25, -0.2) is 14.7 Å². The van der Waals surface area contributed by atoms with E-state index in [1.165, 1.54) is 33.0 Å². The Morgan fingerprint density at radius 2 is 1.73 bits per heavy atom. The molecule has 2 amide bonds. The van der Waals surface area contributed by atoms with Gasteiger partial charge in [-0.15, -0.1) is 11.5 Å². The highest BCUT2D eigenvalue weighted by atomic mass is 35.5. The van der Waals surface area contributed by atoms with Gasteiger partial charge in [0.15, 0.2) is 7.37 Å². The van der Waals surface area contributed by atoms with Crippen molar-refractivity contribution < 1.29 is 52.4 Å². The molecular formula is C42H54Cl2N5O12P. The summed E-state index contributed by atoms with van der Waals surface area (Å²) >= 11 is 12.2. The first-order valence-electron chi connectivity index (χ1n) is 18.9. The Balaban J connectivity index is 0.000000274. The number of rotatable bonds is 12. The smallest absolute Gasteiger partial charge is 0.442 e. The topological polar surface area (TPSA) is 227 Å². The van der Waals surface area contributed by atoms with E-state index in [1.54, 1.807) is 31.4 Å². The number of hydroxylamine groups is 2. The number of carboxylic acid groups (broad SMARTS) is 1. The van der Waals surface area contributed by atoms with Crippen molar-refractivity contribution in [2.24, 2.45) is 5.73 Å². The number of halogens is 2. The molecule has 338 valence electrons. The quantitative estimate of drug-likeness (QED) is 0.0599. The molecule has 5 N–H and O–H groups in total. The minimum atomic E-state index is -3.10. The van der Waals surface area contributed by atoms with Gasteiger partial charge in [-0.2, -0.15) is 4.68 Å². The van der Waals surface area contributed by atoms with E-state index in [9.17, 15) is 18.9 Å². The van der Waals surface area contributed by atoms with Gasteiger partial charge in [-0.05, 0) is 48.2 Å². The fourth-order valence-electron chi connectivity index (χ4n) is 5.66. The monoisotopic (exact) mass is 921 g/mol. The summed E-state index contributed by atoms with van der Waals surface area (Å²) in [5.74, 6) is 2.56. The molecule has 17 nitrogen and oxygen atoms in total. The van der Waals surface area contributed by atoms with Crippen LogP contribution in [0.5, 0.6) is 23.0 Å². The van der Waals surface area contributed by atoms with Gasteiger partial charge in [0.05, 0.1) is 22.8 Å². The SMILES string of the molecule is C#CCOc1cc(-n2nc(C(C)(C)C)oc2=O)c(Cl)cc1Cl.CON(C)C(=O)Nc1ccc(Oc2ccc3c(c2)OC(C)(OC)CC3(C)C)cc1.CP(=O)(O)CCC(N)C(=O)O. The van der Waals surface area contributed by atoms with Gasteiger partial charge in [0.1, 0.15) is 35.6 Å². The molecule has 3 unspecified atom stereocenters. The molecule has 1 aromatic heterocycles. The Kier molecular flexibility index (Phi) is 17.7. The zero-order valence-corrected chi connectivity index (χ0v) is 38.7. The average molecular weight is 923 g/mol. The van der Waals surface area contributed by atoms with Crippen LogP contribution in [0.4, 0.5) is 10.5 Å². The number of urea groups is 1. The van der Waals surface area contributed by atoms with Crippen LogP contribution in [0, 0.1) is 12.3 Å². The predicted octanol–water partition coefficient (Wildman–Crippen LogP) is 8.06. The maximum absolute atomic E-state index is 12.0. The number of amides is 2. The second kappa shape index (κ2) is 21.4. The Bertz CT molecular complexity index is 2330. The number of carbonyl (C=O) groups is 2. The van der Waals surface area contributed by atoms with Gasteiger partial charge in [0.25, 0.3) is 0 Å². The number of nitrogens with zero attached hydrogens (tertiary/aromatic N) is 3. The summed E-state index contributed by atoms with van der Waals surface area (Å²) in [7, 11) is 1.51. The van der Waals surface area contributed by atoms with Crippen molar-refractivity contribution in [3.63, 3.8) is 0 Å². The summed E-state index contributed by atoms with van der Waals surface area (Å²) < 4.78 is 39.9. The van der Waals surface area contributed by atoms with E-state index in [0.29, 0.717) is 34.5 Å². The summed E-state index contributed by atoms with van der Waals surface area (Å²) in [6.45, 7) is 13.2. The third-order valence-electron chi connectivity index (χ3n) is 9.01. The summed E-state index contributed by atoms with van der Waals surface area (Å²) in [6.07, 6.45) is 5.91. The van der Waals surface area contributed by atoms with Crippen molar-refractivity contribution >= 4 is 48.3 Å². The van der Waals surface area contributed by atoms with Crippen molar-refractivity contribution in [2.75, 3.05) is 46.0 Å². The summed E-state index contributed by atoms with van der Waals surface area (Å²) in [5.41, 5.74) is 6.67. The second-order valence-electron chi connectivity index (χ2n) is 16.0. The zero-order chi connectivity index (χ0) is 46.8. The molecule has 62 heavy (non-hydrogen) atoms. The van der Waals surface area contributed by atoms with Crippen LogP contribution < -0.4 is 31.0 Å². The van der Waals surface area contributed by atoms with E-state index in [4.69, 9.17) is 73.6 Å². The standard InChI is InChI=1S/C22H28N2O5.C15H14Cl2N2O3.C5H12NO4P/c1-21(2)14-22(3,26-5)29-19-13-17(11-12-18(19)21)28-16-9-7-15(8-10-16)23-20(25)24(4)27-6;1-5-6-21-12-8-11(9(16)7-10(12)17)19-14(20)22-13(18-19)15(2,3)4;1-11(9,10)3-2-4(6)5(7)8/h7-13H,14H2,1-6H3,(H,23,25);1,7-8H,6H2,2-4H3;4H,2-3,6H2,1H3,(H,7,8)(H,9,10). The lowest BCUT2D eigenvalue weighted by atomic mass is 9.76. The lowest BCUT2D eigenvalue weighted by molar-refractivity contribution is -0.172. The molecule has 0 spiro atoms. The van der Waals surface area contributed by atoms with Gasteiger partial charge in [0, 0.05) is 69.1 Å². The number of anilines is 1. The Morgan fingerprint density at radius 3 is 2.26 bits per heavy atom. The number of carboxylic acids is 1. The lowest BCUT2D eigenvalue weighted by Gasteiger charge is -2.43. The van der Waals surface area contributed by atoms with E-state index in [1.807, 2.05) is 45.9 Å². The normalized spacial score (nSPS) is 16.5. The van der Waals surface area contributed by atoms with Crippen LogP contribution in [0.3, 0.4) is 0 Å². The third kappa shape index (κ3) is 14.8. The van der Waals surface area contributed by atoms with Crippen LogP contribution in [-0.2, 0) is 29.8 Å². The third-order valence-corrected chi connectivity index (χ3v) is 10.7. The molecular weight excluding hydrogens is 868 g/mol. The highest BCUT2D eigenvalue weighted by Gasteiger charge is 2.42. The van der Waals surface area contributed by atoms with Gasteiger partial charge in [0.2, 0.25) is 11.7 Å². The molecule has 0 bridgehead atoms. The fourth-order valence-corrected chi connectivity index (χ4v) is 6.94. The minimum Gasteiger partial charge on any atom is -0.480 e. The highest BCUT2D eigenvalue weighted by Crippen LogP contribution is 2.46. The Morgan fingerprint density at radius 1 is 1.10 bits per heavy atom. The number of nitrogens with one attached hydrogen (secondary N) is 1. The number of methoxy groups -OCH3 is 1.